The third-order valence-corrected chi connectivity index (χ3v) is 14.8. The largest absolute Gasteiger partial charge is 0.907 e. The molecule has 0 fully saturated rings. The molecular formula is C54BF54N3O3. The molecule has 0 unspecified atom stereocenters. The van der Waals surface area contributed by atoms with Crippen molar-refractivity contribution in [1.29, 1.82) is 0 Å². The molecule has 0 atom stereocenters. The van der Waals surface area contributed by atoms with Crippen molar-refractivity contribution in [3.8, 4) is 0 Å². The molecule has 0 radical (unpaired) electrons. The van der Waals surface area contributed by atoms with Crippen molar-refractivity contribution in [2.45, 2.75) is 37.8 Å². The number of benzene rings is 9. The van der Waals surface area contributed by atoms with Gasteiger partial charge in [0.1, 0.15) is 0 Å². The molecule has 0 heterocycles. The van der Waals surface area contributed by atoms with E-state index in [0.717, 1.165) is 0 Å². The number of hydrogen-bond donors (Lipinski definition) is 0. The molecule has 0 aliphatic rings. The van der Waals surface area contributed by atoms with Gasteiger partial charge in [0.15, 0.2) is 87.3 Å². The molecule has 0 amide bonds. The number of rotatable bonds is 6. The van der Waals surface area contributed by atoms with Gasteiger partial charge in [-0.3, -0.25) is 7.32 Å². The Balaban J connectivity index is 0.000000262. The van der Waals surface area contributed by atoms with E-state index in [9.17, 15) is 237 Å². The van der Waals surface area contributed by atoms with Crippen LogP contribution in [0.2, 0.25) is 0 Å². The van der Waals surface area contributed by atoms with E-state index in [0.29, 0.717) is 0 Å². The summed E-state index contributed by atoms with van der Waals surface area (Å²) in [5, 5.41) is 6.45. The van der Waals surface area contributed by atoms with Gasteiger partial charge in [-0.1, -0.05) is 13.4 Å². The molecule has 0 aliphatic carbocycles. The highest BCUT2D eigenvalue weighted by Crippen LogP contribution is 2.64. The van der Waals surface area contributed by atoms with Gasteiger partial charge >= 0.3 is 37.8 Å². The molecule has 9 aromatic rings. The average molecular weight is 1780 g/mol. The molecule has 61 heteroatoms. The lowest BCUT2D eigenvalue weighted by atomic mass is 10.0. The lowest BCUT2D eigenvalue weighted by Crippen LogP contribution is -2.65. The highest BCUT2D eigenvalue weighted by molar-refractivity contribution is 6.24. The van der Waals surface area contributed by atoms with Crippen LogP contribution in [-0.2, 0) is 0 Å². The summed E-state index contributed by atoms with van der Waals surface area (Å²) in [6.07, 6.45) is -46.2. The first-order valence-corrected chi connectivity index (χ1v) is 26.3. The Morgan fingerprint density at radius 2 is 0.209 bits per heavy atom. The monoisotopic (exact) mass is 1770 g/mol. The van der Waals surface area contributed by atoms with Crippen LogP contribution >= 0.6 is 0 Å². The normalized spacial score (nSPS) is 12.9. The van der Waals surface area contributed by atoms with Crippen molar-refractivity contribution >= 4 is 73.8 Å². The third-order valence-electron chi connectivity index (χ3n) is 14.8. The zero-order valence-electron chi connectivity index (χ0n) is 50.6. The molecular weight excluding hydrogens is 1780 g/mol. The van der Waals surface area contributed by atoms with Gasteiger partial charge in [-0.05, 0) is 0 Å². The Morgan fingerprint density at radius 3 is 0.322 bits per heavy atom. The average Bonchev–Trinajstić information content (AvgIpc) is 0.690. The van der Waals surface area contributed by atoms with E-state index in [1.807, 2.05) is 0 Å². The molecule has 630 valence electrons. The summed E-state index contributed by atoms with van der Waals surface area (Å²) >= 11 is 0. The van der Waals surface area contributed by atoms with Crippen molar-refractivity contribution in [2.75, 3.05) is 0 Å². The third kappa shape index (κ3) is 13.4. The lowest BCUT2D eigenvalue weighted by molar-refractivity contribution is -0.479. The molecule has 9 aromatic carbocycles. The summed E-state index contributed by atoms with van der Waals surface area (Å²) in [6.45, 7) is 0. The van der Waals surface area contributed by atoms with Crippen molar-refractivity contribution in [3.63, 3.8) is 0 Å². The first kappa shape index (κ1) is 93.7. The quantitative estimate of drug-likeness (QED) is 0.0416. The van der Waals surface area contributed by atoms with Crippen molar-refractivity contribution in [3.05, 3.63) is 209 Å². The molecule has 0 bridgehead atoms. The molecule has 0 aliphatic heterocycles. The first-order valence-electron chi connectivity index (χ1n) is 26.3. The van der Waals surface area contributed by atoms with Crippen LogP contribution in [0.5, 0.6) is 0 Å². The highest BCUT2D eigenvalue weighted by Gasteiger charge is 2.82. The Kier molecular flexibility index (Phi) is 24.5. The molecule has 0 spiro atoms. The highest BCUT2D eigenvalue weighted by atomic mass is 19.5. The molecule has 0 N–H and O–H groups in total. The van der Waals surface area contributed by atoms with Crippen LogP contribution < -0.4 is 28.5 Å². The summed E-state index contributed by atoms with van der Waals surface area (Å²) in [4.78, 5) is 0. The molecule has 0 aromatic heterocycles. The fourth-order valence-corrected chi connectivity index (χ4v) is 10.3. The van der Waals surface area contributed by atoms with E-state index >= 15 is 0 Å². The number of hydrogen-bond acceptors (Lipinski definition) is 3. The van der Waals surface area contributed by atoms with Gasteiger partial charge in [0.2, 0.25) is 156 Å². The predicted octanol–water partition coefficient (Wildman–Crippen LogP) is 20.6. The minimum absolute atomic E-state index is 2.92. The van der Waals surface area contributed by atoms with Crippen molar-refractivity contribution in [1.82, 2.24) is 13.4 Å². The van der Waals surface area contributed by atoms with Crippen LogP contribution in [0, 0.1) is 209 Å². The molecule has 0 saturated heterocycles. The second-order valence-corrected chi connectivity index (χ2v) is 20.8. The number of alkyl halides is 18. The van der Waals surface area contributed by atoms with Crippen LogP contribution in [-0.4, -0.2) is 45.1 Å². The van der Waals surface area contributed by atoms with Crippen LogP contribution in [0.15, 0.2) is 0 Å². The SMILES string of the molecule is Fc1c(F)c(F)c([N+](c2c(F)c(F)c(F)c3c(F)c(F)c(F)c(F)c23)(C(F)(F)F)C(F)(F)F)c(F)c1F.Fc1c(F)c(F)c([N+](c2c(F)c(F)c(F)c3c(F)c(F)c(F)c(F)c23)(C(F)(F)F)C(F)(F)F)c(F)c1F.Fc1c(F)c(F)c([N+](c2c(F)c(F)c(F)c3c(F)c(F)c(F)c(F)c23)(C(F)(F)F)C(F)(F)F)c(F)c1F.[O-]B([O-])[O-]. The van der Waals surface area contributed by atoms with Gasteiger partial charge in [-0.25, -0.2) is 119 Å². The number of quaternary nitrogens is 3. The zero-order chi connectivity index (χ0) is 89.8. The predicted molar refractivity (Wildman–Crippen MR) is 256 cm³/mol. The smallest absolute Gasteiger partial charge is 0.578 e. The summed E-state index contributed by atoms with van der Waals surface area (Å²) in [7, 11) is -2.92. The van der Waals surface area contributed by atoms with Gasteiger partial charge in [0.25, 0.3) is 0 Å². The summed E-state index contributed by atoms with van der Waals surface area (Å²) < 4.78 is 741. The second-order valence-electron chi connectivity index (χ2n) is 20.8. The molecule has 0 saturated carbocycles. The molecule has 6 nitrogen and oxygen atoms in total. The van der Waals surface area contributed by atoms with Crippen LogP contribution in [0.4, 0.5) is 271 Å². The van der Waals surface area contributed by atoms with Gasteiger partial charge in [-0.15, -0.1) is 79.0 Å². The van der Waals surface area contributed by atoms with E-state index in [1.54, 1.807) is 0 Å². The van der Waals surface area contributed by atoms with Crippen molar-refractivity contribution < 1.29 is 252 Å². The van der Waals surface area contributed by atoms with Gasteiger partial charge < -0.3 is 15.1 Å². The van der Waals surface area contributed by atoms with Crippen LogP contribution in [0.25, 0.3) is 32.3 Å². The summed E-state index contributed by atoms with van der Waals surface area (Å²) in [5.74, 6) is -128. The van der Waals surface area contributed by atoms with E-state index in [1.165, 1.54) is 0 Å². The molecule has 9 rings (SSSR count). The number of nitrogens with zero attached hydrogens (tertiary/aromatic N) is 3. The lowest BCUT2D eigenvalue weighted by Gasteiger charge is -2.38. The maximum atomic E-state index is 14.7. The Labute approximate surface area is 586 Å². The zero-order valence-corrected chi connectivity index (χ0v) is 50.6. The minimum Gasteiger partial charge on any atom is -0.907 e. The van der Waals surface area contributed by atoms with E-state index < -0.39 is 334 Å². The Bertz CT molecular complexity index is 4860. The fourth-order valence-electron chi connectivity index (χ4n) is 10.3. The molecule has 115 heavy (non-hydrogen) atoms. The van der Waals surface area contributed by atoms with Crippen LogP contribution in [0.3, 0.4) is 0 Å². The van der Waals surface area contributed by atoms with Gasteiger partial charge in [0.05, 0.1) is 32.3 Å². The van der Waals surface area contributed by atoms with E-state index in [-0.39, 0.29) is 0 Å². The topological polar surface area (TPSA) is 69.2 Å². The van der Waals surface area contributed by atoms with E-state index in [4.69, 9.17) is 15.1 Å². The Hall–Kier alpha value is -10.2. The summed E-state index contributed by atoms with van der Waals surface area (Å²) in [5.41, 5.74) is -24.3. The minimum atomic E-state index is -7.69. The van der Waals surface area contributed by atoms with Crippen LogP contribution in [0.1, 0.15) is 0 Å². The Morgan fingerprint density at radius 1 is 0.130 bits per heavy atom. The number of halogens is 54. The maximum Gasteiger partial charge on any atom is 0.578 e. The number of fused-ring (bicyclic) bond motifs is 3. The van der Waals surface area contributed by atoms with Crippen molar-refractivity contribution in [2.24, 2.45) is 0 Å². The summed E-state index contributed by atoms with van der Waals surface area (Å²) in [6, 6.07) is 0. The second kappa shape index (κ2) is 30.1. The standard InChI is InChI=1S/3C18F18N.BO3/c3*19-3-1-2(5(21)7(23)6(3)22)15(12(28)8(24)4(1)20)37(17(31,32)33,18(34,35)36)16-13(29)10(26)9(25)11(27)14(16)30;2-1(3)4/q3*+1;-3. The first-order chi connectivity index (χ1) is 51.7. The van der Waals surface area contributed by atoms with Gasteiger partial charge in [-0.2, -0.15) is 39.5 Å². The maximum absolute atomic E-state index is 14.7. The van der Waals surface area contributed by atoms with E-state index in [2.05, 4.69) is 0 Å². The fraction of sp³-hybridized carbons (Fsp3) is 0.111. The van der Waals surface area contributed by atoms with Gasteiger partial charge in [0, 0.05) is 0 Å².